The number of hydrogen-bond acceptors (Lipinski definition) is 0. The molecule has 0 aliphatic heterocycles. The van der Waals surface area contributed by atoms with Gasteiger partial charge in [-0.15, -0.1) is 0 Å². The molecule has 0 aromatic heterocycles. The van der Waals surface area contributed by atoms with Crippen LogP contribution in [0.2, 0.25) is 0 Å². The maximum atomic E-state index is 2.47. The Morgan fingerprint density at radius 2 is 0.979 bits per heavy atom. The van der Waals surface area contributed by atoms with E-state index in [1.807, 2.05) is 0 Å². The van der Waals surface area contributed by atoms with Crippen molar-refractivity contribution in [1.29, 1.82) is 0 Å². The van der Waals surface area contributed by atoms with Crippen LogP contribution in [0.5, 0.6) is 0 Å². The fraction of sp³-hybridized carbons (Fsp3) is 0.0417. The smallest absolute Gasteiger partial charge is 0.00137 e. The molecular weight excluding hydrogens is 577 g/mol. The first-order valence-electron chi connectivity index (χ1n) is 17.1. The van der Waals surface area contributed by atoms with Crippen LogP contribution in [0.25, 0.3) is 93.5 Å². The lowest BCUT2D eigenvalue weighted by molar-refractivity contribution is 1.06. The van der Waals surface area contributed by atoms with Gasteiger partial charge in [-0.1, -0.05) is 152 Å². The molecule has 0 nitrogen and oxygen atoms in total. The highest BCUT2D eigenvalue weighted by Crippen LogP contribution is 2.57. The normalized spacial score (nSPS) is 14.1. The van der Waals surface area contributed by atoms with Crippen LogP contribution in [-0.4, -0.2) is 0 Å². The lowest BCUT2D eigenvalue weighted by Crippen LogP contribution is -1.96. The second-order valence-corrected chi connectivity index (χ2v) is 13.4. The molecule has 222 valence electrons. The Morgan fingerprint density at radius 3 is 1.75 bits per heavy atom. The predicted octanol–water partition coefficient (Wildman–Crippen LogP) is 13.2. The van der Waals surface area contributed by atoms with E-state index < -0.39 is 0 Å². The zero-order valence-electron chi connectivity index (χ0n) is 26.4. The fourth-order valence-corrected chi connectivity index (χ4v) is 9.12. The van der Waals surface area contributed by atoms with Crippen LogP contribution >= 0.6 is 0 Å². The predicted molar refractivity (Wildman–Crippen MR) is 205 cm³/mol. The highest BCUT2D eigenvalue weighted by atomic mass is 14.3. The second kappa shape index (κ2) is 9.77. The van der Waals surface area contributed by atoms with E-state index in [1.54, 1.807) is 0 Å². The van der Waals surface area contributed by atoms with Crippen LogP contribution in [0, 0.1) is 0 Å². The van der Waals surface area contributed by atoms with Crippen molar-refractivity contribution in [3.8, 4) is 44.5 Å². The molecule has 0 fully saturated rings. The average Bonchev–Trinajstić information content (AvgIpc) is 3.66. The molecule has 11 rings (SSSR count). The van der Waals surface area contributed by atoms with Crippen molar-refractivity contribution in [1.82, 2.24) is 0 Å². The van der Waals surface area contributed by atoms with E-state index >= 15 is 0 Å². The van der Waals surface area contributed by atoms with E-state index in [0.717, 1.165) is 12.8 Å². The molecule has 8 aromatic carbocycles. The number of benzene rings is 8. The molecule has 0 unspecified atom stereocenters. The Morgan fingerprint density at radius 1 is 0.375 bits per heavy atom. The van der Waals surface area contributed by atoms with Gasteiger partial charge in [0.25, 0.3) is 0 Å². The van der Waals surface area contributed by atoms with Gasteiger partial charge in [0, 0.05) is 0 Å². The third-order valence-electron chi connectivity index (χ3n) is 11.0. The maximum absolute atomic E-state index is 2.47. The van der Waals surface area contributed by atoms with Gasteiger partial charge in [-0.2, -0.15) is 0 Å². The van der Waals surface area contributed by atoms with Crippen LogP contribution in [0.1, 0.15) is 29.5 Å². The second-order valence-electron chi connectivity index (χ2n) is 13.4. The molecule has 0 saturated heterocycles. The maximum Gasteiger partial charge on any atom is -0.00137 e. The average molecular weight is 607 g/mol. The fourth-order valence-electron chi connectivity index (χ4n) is 9.12. The molecule has 0 heterocycles. The number of hydrogen-bond donors (Lipinski definition) is 0. The van der Waals surface area contributed by atoms with E-state index in [0.29, 0.717) is 0 Å². The largest absolute Gasteiger partial charge is 0.0757 e. The molecule has 0 N–H and O–H groups in total. The molecule has 0 amide bonds. The van der Waals surface area contributed by atoms with E-state index in [-0.39, 0.29) is 0 Å². The Balaban J connectivity index is 1.17. The summed E-state index contributed by atoms with van der Waals surface area (Å²) in [6.07, 6.45) is 4.63. The molecule has 3 aliphatic rings. The number of rotatable bonds is 3. The highest BCUT2D eigenvalue weighted by molar-refractivity contribution is 6.30. The molecule has 0 spiro atoms. The minimum absolute atomic E-state index is 1.08. The first-order valence-corrected chi connectivity index (χ1v) is 17.1. The summed E-state index contributed by atoms with van der Waals surface area (Å²) in [6.45, 7) is 0. The molecule has 3 aliphatic carbocycles. The summed E-state index contributed by atoms with van der Waals surface area (Å²) in [4.78, 5) is 0. The van der Waals surface area contributed by atoms with Crippen LogP contribution < -0.4 is 0 Å². The third kappa shape index (κ3) is 3.44. The van der Waals surface area contributed by atoms with Gasteiger partial charge in [-0.25, -0.2) is 0 Å². The van der Waals surface area contributed by atoms with E-state index in [9.17, 15) is 0 Å². The molecule has 0 bridgehead atoms. The first-order chi connectivity index (χ1) is 23.8. The quantitative estimate of drug-likeness (QED) is 0.188. The van der Waals surface area contributed by atoms with Crippen LogP contribution in [0.15, 0.2) is 158 Å². The molecule has 0 radical (unpaired) electrons. The Bertz CT molecular complexity index is 2740. The van der Waals surface area contributed by atoms with E-state index in [1.165, 1.54) is 110 Å². The van der Waals surface area contributed by atoms with Crippen molar-refractivity contribution in [3.05, 3.63) is 174 Å². The summed E-state index contributed by atoms with van der Waals surface area (Å²) in [7, 11) is 0. The zero-order valence-corrected chi connectivity index (χ0v) is 26.4. The van der Waals surface area contributed by atoms with E-state index in [4.69, 9.17) is 0 Å². The van der Waals surface area contributed by atoms with Crippen LogP contribution in [-0.2, 0) is 0 Å². The Kier molecular flexibility index (Phi) is 5.32. The monoisotopic (exact) mass is 606 g/mol. The van der Waals surface area contributed by atoms with Gasteiger partial charge < -0.3 is 0 Å². The Labute approximate surface area is 279 Å². The van der Waals surface area contributed by atoms with Crippen molar-refractivity contribution in [3.63, 3.8) is 0 Å². The summed E-state index contributed by atoms with van der Waals surface area (Å²) >= 11 is 0. The molecule has 8 aromatic rings. The minimum Gasteiger partial charge on any atom is -0.0757 e. The van der Waals surface area contributed by atoms with Crippen molar-refractivity contribution < 1.29 is 0 Å². The van der Waals surface area contributed by atoms with Crippen LogP contribution in [0.3, 0.4) is 0 Å². The summed E-state index contributed by atoms with van der Waals surface area (Å²) < 4.78 is 0. The zero-order chi connectivity index (χ0) is 31.3. The summed E-state index contributed by atoms with van der Waals surface area (Å²) in [5.41, 5.74) is 19.0. The molecular formula is C48H30. The van der Waals surface area contributed by atoms with Gasteiger partial charge in [0.2, 0.25) is 0 Å². The molecule has 48 heavy (non-hydrogen) atoms. The van der Waals surface area contributed by atoms with Gasteiger partial charge in [0.15, 0.2) is 0 Å². The van der Waals surface area contributed by atoms with Gasteiger partial charge in [0.05, 0.1) is 0 Å². The molecule has 0 heteroatoms. The molecule has 0 atom stereocenters. The van der Waals surface area contributed by atoms with Gasteiger partial charge in [-0.05, 0) is 129 Å². The van der Waals surface area contributed by atoms with Crippen LogP contribution in [0.4, 0.5) is 0 Å². The van der Waals surface area contributed by atoms with Crippen molar-refractivity contribution in [2.45, 2.75) is 12.8 Å². The SMILES string of the molecule is C1=C2C(=C(c3ccccc3)CC1)c1cccc3c(-c4ccc5c6c(cccc46)-c4cc6ccccc6c(-c6ccccc6)c4-5)ccc2c13. The highest BCUT2D eigenvalue weighted by Gasteiger charge is 2.31. The van der Waals surface area contributed by atoms with E-state index in [2.05, 4.69) is 158 Å². The van der Waals surface area contributed by atoms with Crippen molar-refractivity contribution in [2.24, 2.45) is 0 Å². The van der Waals surface area contributed by atoms with Gasteiger partial charge in [0.1, 0.15) is 0 Å². The minimum atomic E-state index is 1.08. The Hall–Kier alpha value is -5.98. The standard InChI is InChI=1S/C48H30/c1-3-12-29(13-4-1)32-18-9-21-38-40-26-24-34(37-20-11-23-41(45(32)38)47(37)40)35-25-27-42-46-36(35)19-10-22-39(46)43-28-31-16-7-8-17-33(31)44(48(42)43)30-14-5-2-6-15-30/h1-8,10-17,19-28H,9,18H2. The molecule has 0 saturated carbocycles. The van der Waals surface area contributed by atoms with Gasteiger partial charge >= 0.3 is 0 Å². The summed E-state index contributed by atoms with van der Waals surface area (Å²) in [5, 5.41) is 8.02. The van der Waals surface area contributed by atoms with Crippen molar-refractivity contribution >= 4 is 49.0 Å². The number of fused-ring (bicyclic) bond motifs is 7. The third-order valence-corrected chi connectivity index (χ3v) is 11.0. The summed E-state index contributed by atoms with van der Waals surface area (Å²) in [6, 6.07) is 56.7. The lowest BCUT2D eigenvalue weighted by atomic mass is 9.85. The summed E-state index contributed by atoms with van der Waals surface area (Å²) in [5.74, 6) is 0. The van der Waals surface area contributed by atoms with Crippen molar-refractivity contribution in [2.75, 3.05) is 0 Å². The van der Waals surface area contributed by atoms with Gasteiger partial charge in [-0.3, -0.25) is 0 Å². The lowest BCUT2D eigenvalue weighted by Gasteiger charge is -2.18. The first kappa shape index (κ1) is 26.1. The topological polar surface area (TPSA) is 0 Å². The number of allylic oxidation sites excluding steroid dienone is 4.